The van der Waals surface area contributed by atoms with Crippen molar-refractivity contribution in [3.8, 4) is 0 Å². The van der Waals surface area contributed by atoms with Crippen LogP contribution in [0.2, 0.25) is 10.0 Å². The van der Waals surface area contributed by atoms with Gasteiger partial charge in [0.1, 0.15) is 4.33 Å². The number of allylic oxidation sites excluding steroid dienone is 1. The Hall–Kier alpha value is -2.44. The van der Waals surface area contributed by atoms with E-state index in [-0.39, 0.29) is 17.4 Å². The van der Waals surface area contributed by atoms with Crippen LogP contribution in [0.3, 0.4) is 0 Å². The summed E-state index contributed by atoms with van der Waals surface area (Å²) in [7, 11) is 0. The third-order valence-corrected chi connectivity index (χ3v) is 6.54. The first-order valence-corrected chi connectivity index (χ1v) is 11.4. The number of carbonyl (C=O) groups is 1. The van der Waals surface area contributed by atoms with Gasteiger partial charge in [0.05, 0.1) is 10.7 Å². The van der Waals surface area contributed by atoms with E-state index in [0.717, 1.165) is 5.56 Å². The molecule has 0 spiro atoms. The van der Waals surface area contributed by atoms with Crippen molar-refractivity contribution >= 4 is 75.6 Å². The van der Waals surface area contributed by atoms with Crippen LogP contribution in [0.25, 0.3) is 0 Å². The molecule has 1 fully saturated rings. The molecule has 9 heteroatoms. The summed E-state index contributed by atoms with van der Waals surface area (Å²) in [6.07, 6.45) is 4.59. The highest BCUT2D eigenvalue weighted by Gasteiger charge is 2.65. The van der Waals surface area contributed by atoms with Gasteiger partial charge >= 0.3 is 0 Å². The second-order valence-electron chi connectivity index (χ2n) is 7.50. The lowest BCUT2D eigenvalue weighted by molar-refractivity contribution is -0.112. The Morgan fingerprint density at radius 3 is 2.55 bits per heavy atom. The number of alkyl halides is 2. The summed E-state index contributed by atoms with van der Waals surface area (Å²) in [4.78, 5) is 16.3. The van der Waals surface area contributed by atoms with E-state index >= 15 is 0 Å². The number of benzene rings is 2. The van der Waals surface area contributed by atoms with E-state index < -0.39 is 10.2 Å². The second kappa shape index (κ2) is 10.2. The summed E-state index contributed by atoms with van der Waals surface area (Å²) in [6.45, 7) is 9.61. The normalized spacial score (nSPS) is 18.9. The number of carbonyl (C=O) groups excluding carboxylic acids is 1. The predicted octanol–water partition coefficient (Wildman–Crippen LogP) is 7.19. The zero-order valence-electron chi connectivity index (χ0n) is 17.7. The minimum absolute atomic E-state index is 0.228. The molecule has 1 amide bonds. The smallest absolute Gasteiger partial charge is 0.255 e. The summed E-state index contributed by atoms with van der Waals surface area (Å²) in [6, 6.07) is 10.3. The van der Waals surface area contributed by atoms with Gasteiger partial charge in [-0.05, 0) is 55.0 Å². The fourth-order valence-corrected chi connectivity index (χ4v) is 4.76. The van der Waals surface area contributed by atoms with Crippen LogP contribution in [0.4, 0.5) is 17.1 Å². The van der Waals surface area contributed by atoms with Crippen LogP contribution in [0.15, 0.2) is 78.1 Å². The fraction of sp³-hybridized carbons (Fsp3) is 0.167. The average molecular weight is 524 g/mol. The number of halogens is 4. The van der Waals surface area contributed by atoms with Crippen LogP contribution >= 0.6 is 46.4 Å². The van der Waals surface area contributed by atoms with Gasteiger partial charge < -0.3 is 16.4 Å². The summed E-state index contributed by atoms with van der Waals surface area (Å²) in [5.74, 6) is -0.914. The highest BCUT2D eigenvalue weighted by molar-refractivity contribution is 6.52. The maximum Gasteiger partial charge on any atom is 0.255 e. The fourth-order valence-electron chi connectivity index (χ4n) is 3.45. The number of anilines is 3. The minimum atomic E-state index is -1.06. The SMILES string of the molecule is C=C(/C=C\N=CC)C(=O)Nc1cc(NC(=C)C2C(c3cc(N)cc(Cl)c3)C2(Cl)Cl)ccc1Cl. The number of hydrogen-bond donors (Lipinski definition) is 3. The molecule has 4 N–H and O–H groups in total. The molecule has 0 bridgehead atoms. The lowest BCUT2D eigenvalue weighted by atomic mass is 10.1. The van der Waals surface area contributed by atoms with Gasteiger partial charge in [0.2, 0.25) is 0 Å². The van der Waals surface area contributed by atoms with Crippen LogP contribution in [0.5, 0.6) is 0 Å². The number of nitrogens with zero attached hydrogens (tertiary/aromatic N) is 1. The standard InChI is InChI=1S/C24H22Cl4N4O/c1-4-30-8-7-13(2)23(33)32-20-12-18(5-6-19(20)26)31-14(3)21-22(24(21,27)28)15-9-16(25)11-17(29)10-15/h4-12,21-22,31H,2-3,29H2,1H3,(H,32,33)/b8-7-,30-4?. The van der Waals surface area contributed by atoms with Crippen molar-refractivity contribution in [3.63, 3.8) is 0 Å². The molecule has 0 aromatic heterocycles. The molecule has 0 saturated heterocycles. The van der Waals surface area contributed by atoms with Crippen LogP contribution in [-0.4, -0.2) is 16.5 Å². The Morgan fingerprint density at radius 2 is 1.88 bits per heavy atom. The van der Waals surface area contributed by atoms with Crippen molar-refractivity contribution in [2.75, 3.05) is 16.4 Å². The zero-order valence-corrected chi connectivity index (χ0v) is 20.7. The highest BCUT2D eigenvalue weighted by atomic mass is 35.5. The summed E-state index contributed by atoms with van der Waals surface area (Å²) in [5.41, 5.74) is 9.17. The van der Waals surface area contributed by atoms with Crippen LogP contribution in [0.1, 0.15) is 18.4 Å². The molecule has 2 aromatic rings. The maximum atomic E-state index is 12.4. The van der Waals surface area contributed by atoms with Crippen molar-refractivity contribution in [2.24, 2.45) is 10.9 Å². The topological polar surface area (TPSA) is 79.5 Å². The summed E-state index contributed by atoms with van der Waals surface area (Å²) < 4.78 is -1.06. The third kappa shape index (κ3) is 5.92. The molecule has 2 aromatic carbocycles. The molecule has 0 heterocycles. The van der Waals surface area contributed by atoms with E-state index in [4.69, 9.17) is 52.1 Å². The molecule has 2 atom stereocenters. The molecular formula is C24H22Cl4N4O. The molecule has 1 aliphatic rings. The first kappa shape index (κ1) is 25.2. The van der Waals surface area contributed by atoms with E-state index in [0.29, 0.717) is 32.8 Å². The van der Waals surface area contributed by atoms with Gasteiger partial charge in [-0.15, -0.1) is 23.2 Å². The van der Waals surface area contributed by atoms with Gasteiger partial charge in [0.25, 0.3) is 5.91 Å². The molecule has 172 valence electrons. The van der Waals surface area contributed by atoms with E-state index in [1.54, 1.807) is 49.5 Å². The number of rotatable bonds is 8. The van der Waals surface area contributed by atoms with Gasteiger partial charge in [0, 0.05) is 51.9 Å². The zero-order chi connectivity index (χ0) is 24.3. The van der Waals surface area contributed by atoms with Gasteiger partial charge in [-0.25, -0.2) is 0 Å². The van der Waals surface area contributed by atoms with Crippen molar-refractivity contribution < 1.29 is 4.79 Å². The lowest BCUT2D eigenvalue weighted by Gasteiger charge is -2.13. The van der Waals surface area contributed by atoms with E-state index in [2.05, 4.69) is 28.8 Å². The Balaban J connectivity index is 1.73. The molecule has 1 aliphatic carbocycles. The highest BCUT2D eigenvalue weighted by Crippen LogP contribution is 2.67. The largest absolute Gasteiger partial charge is 0.399 e. The monoisotopic (exact) mass is 522 g/mol. The van der Waals surface area contributed by atoms with E-state index in [1.807, 2.05) is 0 Å². The van der Waals surface area contributed by atoms with Crippen molar-refractivity contribution in [2.45, 2.75) is 17.2 Å². The molecule has 0 aliphatic heterocycles. The Bertz CT molecular complexity index is 1150. The van der Waals surface area contributed by atoms with Crippen LogP contribution < -0.4 is 16.4 Å². The van der Waals surface area contributed by atoms with Gasteiger partial charge in [-0.2, -0.15) is 0 Å². The van der Waals surface area contributed by atoms with Gasteiger partial charge in [-0.1, -0.05) is 36.4 Å². The van der Waals surface area contributed by atoms with Crippen LogP contribution in [-0.2, 0) is 4.79 Å². The maximum absolute atomic E-state index is 12.4. The third-order valence-electron chi connectivity index (χ3n) is 5.05. The Labute approximate surface area is 213 Å². The predicted molar refractivity (Wildman–Crippen MR) is 142 cm³/mol. The number of nitrogens with two attached hydrogens (primary N) is 1. The first-order chi connectivity index (χ1) is 15.5. The van der Waals surface area contributed by atoms with E-state index in [1.165, 1.54) is 12.3 Å². The molecule has 3 rings (SSSR count). The summed E-state index contributed by atoms with van der Waals surface area (Å²) >= 11 is 25.5. The number of aliphatic imine (C=N–C) groups is 1. The summed E-state index contributed by atoms with van der Waals surface area (Å²) in [5, 5.41) is 6.82. The van der Waals surface area contributed by atoms with Gasteiger partial charge in [0.15, 0.2) is 0 Å². The van der Waals surface area contributed by atoms with E-state index in [9.17, 15) is 4.79 Å². The van der Waals surface area contributed by atoms with Gasteiger partial charge in [-0.3, -0.25) is 9.79 Å². The quantitative estimate of drug-likeness (QED) is 0.113. The van der Waals surface area contributed by atoms with Crippen molar-refractivity contribution in [1.29, 1.82) is 0 Å². The number of hydrogen-bond acceptors (Lipinski definition) is 4. The number of nitrogens with one attached hydrogen (secondary N) is 2. The second-order valence-corrected chi connectivity index (χ2v) is 9.78. The molecule has 33 heavy (non-hydrogen) atoms. The molecule has 0 radical (unpaired) electrons. The number of amides is 1. The Morgan fingerprint density at radius 1 is 1.15 bits per heavy atom. The first-order valence-electron chi connectivity index (χ1n) is 9.88. The van der Waals surface area contributed by atoms with Crippen molar-refractivity contribution in [1.82, 2.24) is 0 Å². The molecule has 2 unspecified atom stereocenters. The van der Waals surface area contributed by atoms with Crippen LogP contribution in [0, 0.1) is 5.92 Å². The Kier molecular flexibility index (Phi) is 7.80. The molecule has 1 saturated carbocycles. The minimum Gasteiger partial charge on any atom is -0.399 e. The average Bonchev–Trinajstić information content (AvgIpc) is 3.32. The molecular weight excluding hydrogens is 502 g/mol. The molecule has 5 nitrogen and oxygen atoms in total. The lowest BCUT2D eigenvalue weighted by Crippen LogP contribution is -2.13. The number of nitrogen functional groups attached to an aromatic ring is 1. The van der Waals surface area contributed by atoms with Crippen molar-refractivity contribution in [3.05, 3.63) is 88.7 Å².